The van der Waals surface area contributed by atoms with Crippen LogP contribution < -0.4 is 0 Å². The van der Waals surface area contributed by atoms with Gasteiger partial charge in [-0.2, -0.15) is 0 Å². The van der Waals surface area contributed by atoms with Crippen LogP contribution in [0, 0.1) is 0 Å². The minimum Gasteiger partial charge on any atom is -0.262 e. The van der Waals surface area contributed by atoms with Crippen LogP contribution in [0.3, 0.4) is 0 Å². The molecule has 0 aliphatic carbocycles. The molecule has 0 bridgehead atoms. The number of hydrogen-bond donors (Lipinski definition) is 0. The third-order valence-corrected chi connectivity index (χ3v) is 0.988. The molecule has 56 valence electrons. The largest absolute Gasteiger partial charge is 0.262 e. The third-order valence-electron chi connectivity index (χ3n) is 0.988. The Morgan fingerprint density at radius 3 is 2.50 bits per heavy atom. The zero-order valence-electron chi connectivity index (χ0n) is 7.02. The van der Waals surface area contributed by atoms with E-state index < -0.39 is 0 Å². The van der Waals surface area contributed by atoms with Gasteiger partial charge >= 0.3 is 0 Å². The van der Waals surface area contributed by atoms with Crippen LogP contribution in [-0.4, -0.2) is 6.21 Å². The second kappa shape index (κ2) is 4.98. The molecule has 0 aromatic rings. The maximum absolute atomic E-state index is 4.15. The highest BCUT2D eigenvalue weighted by molar-refractivity contribution is 5.77. The highest BCUT2D eigenvalue weighted by Gasteiger charge is 1.79. The van der Waals surface area contributed by atoms with Crippen molar-refractivity contribution in [2.45, 2.75) is 27.2 Å². The molecule has 0 saturated heterocycles. The van der Waals surface area contributed by atoms with Crippen molar-refractivity contribution in [1.29, 1.82) is 0 Å². The van der Waals surface area contributed by atoms with Gasteiger partial charge in [-0.25, -0.2) is 0 Å². The number of aliphatic imine (C=N–C) groups is 1. The number of hydrogen-bond acceptors (Lipinski definition) is 1. The van der Waals surface area contributed by atoms with Gasteiger partial charge in [0.1, 0.15) is 0 Å². The molecule has 0 N–H and O–H groups in total. The maximum atomic E-state index is 4.15. The minimum absolute atomic E-state index is 0.990. The van der Waals surface area contributed by atoms with E-state index in [0.717, 1.165) is 17.7 Å². The Bertz CT molecular complexity index is 164. The topological polar surface area (TPSA) is 12.4 Å². The van der Waals surface area contributed by atoms with Crippen LogP contribution in [0.5, 0.6) is 0 Å². The Morgan fingerprint density at radius 1 is 1.50 bits per heavy atom. The lowest BCUT2D eigenvalue weighted by molar-refractivity contribution is 1.16. The molecule has 0 heterocycles. The molecule has 1 nitrogen and oxygen atoms in total. The summed E-state index contributed by atoms with van der Waals surface area (Å²) in [5, 5.41) is 0. The van der Waals surface area contributed by atoms with Gasteiger partial charge in [-0.15, -0.1) is 0 Å². The quantitative estimate of drug-likeness (QED) is 0.530. The van der Waals surface area contributed by atoms with E-state index in [9.17, 15) is 0 Å². The van der Waals surface area contributed by atoms with E-state index in [2.05, 4.69) is 24.6 Å². The maximum Gasteiger partial charge on any atom is 0.0332 e. The van der Waals surface area contributed by atoms with Crippen molar-refractivity contribution in [3.63, 3.8) is 0 Å². The first-order chi connectivity index (χ1) is 4.66. The van der Waals surface area contributed by atoms with Crippen molar-refractivity contribution < 1.29 is 0 Å². The summed E-state index contributed by atoms with van der Waals surface area (Å²) >= 11 is 0. The SMILES string of the molecule is C=C(C)C=N/C(C)=C\CC. The molecular weight excluding hydrogens is 122 g/mol. The van der Waals surface area contributed by atoms with Crippen molar-refractivity contribution in [3.8, 4) is 0 Å². The second-order valence-corrected chi connectivity index (χ2v) is 2.36. The summed E-state index contributed by atoms with van der Waals surface area (Å²) in [5.74, 6) is 0. The van der Waals surface area contributed by atoms with Gasteiger partial charge in [0, 0.05) is 11.9 Å². The normalized spacial score (nSPS) is 12.5. The standard InChI is InChI=1S/C9H15N/c1-5-6-9(4)10-7-8(2)3/h6-7H,2,5H2,1,3-4H3/b9-6-,10-7?. The molecule has 10 heavy (non-hydrogen) atoms. The van der Waals surface area contributed by atoms with Gasteiger partial charge in [0.15, 0.2) is 0 Å². The van der Waals surface area contributed by atoms with Crippen molar-refractivity contribution >= 4 is 6.21 Å². The van der Waals surface area contributed by atoms with Crippen LogP contribution >= 0.6 is 0 Å². The average Bonchev–Trinajstić information content (AvgIpc) is 1.85. The molecule has 0 rings (SSSR count). The van der Waals surface area contributed by atoms with Crippen LogP contribution in [0.1, 0.15) is 27.2 Å². The Morgan fingerprint density at radius 2 is 2.10 bits per heavy atom. The summed E-state index contributed by atoms with van der Waals surface area (Å²) in [6.07, 6.45) is 4.90. The molecule has 0 amide bonds. The molecule has 0 radical (unpaired) electrons. The molecular formula is C9H15N. The van der Waals surface area contributed by atoms with Crippen LogP contribution in [0.2, 0.25) is 0 Å². The summed E-state index contributed by atoms with van der Waals surface area (Å²) in [5.41, 5.74) is 2.05. The third kappa shape index (κ3) is 5.29. The van der Waals surface area contributed by atoms with Gasteiger partial charge in [-0.3, -0.25) is 4.99 Å². The van der Waals surface area contributed by atoms with E-state index >= 15 is 0 Å². The van der Waals surface area contributed by atoms with Crippen molar-refractivity contribution in [2.24, 2.45) is 4.99 Å². The Balaban J connectivity index is 3.89. The molecule has 0 aromatic heterocycles. The van der Waals surface area contributed by atoms with Crippen molar-refractivity contribution in [2.75, 3.05) is 0 Å². The summed E-state index contributed by atoms with van der Waals surface area (Å²) < 4.78 is 0. The van der Waals surface area contributed by atoms with Crippen LogP contribution in [0.25, 0.3) is 0 Å². The van der Waals surface area contributed by atoms with Crippen LogP contribution in [0.4, 0.5) is 0 Å². The van der Waals surface area contributed by atoms with E-state index in [1.807, 2.05) is 13.8 Å². The number of nitrogens with zero attached hydrogens (tertiary/aromatic N) is 1. The first-order valence-corrected chi connectivity index (χ1v) is 3.53. The Labute approximate surface area is 63.2 Å². The Kier molecular flexibility index (Phi) is 4.55. The first kappa shape index (κ1) is 9.15. The minimum atomic E-state index is 0.990. The molecule has 0 aromatic carbocycles. The second-order valence-electron chi connectivity index (χ2n) is 2.36. The lowest BCUT2D eigenvalue weighted by atomic mass is 10.3. The van der Waals surface area contributed by atoms with E-state index in [-0.39, 0.29) is 0 Å². The van der Waals surface area contributed by atoms with Gasteiger partial charge < -0.3 is 0 Å². The summed E-state index contributed by atoms with van der Waals surface area (Å²) in [7, 11) is 0. The van der Waals surface area contributed by atoms with Crippen molar-refractivity contribution in [3.05, 3.63) is 23.9 Å². The van der Waals surface area contributed by atoms with Gasteiger partial charge in [0.05, 0.1) is 0 Å². The van der Waals surface area contributed by atoms with Crippen molar-refractivity contribution in [1.82, 2.24) is 0 Å². The number of allylic oxidation sites excluding steroid dienone is 3. The highest BCUT2D eigenvalue weighted by Crippen LogP contribution is 1.96. The summed E-state index contributed by atoms with van der Waals surface area (Å²) in [4.78, 5) is 4.15. The molecule has 0 atom stereocenters. The summed E-state index contributed by atoms with van der Waals surface area (Å²) in [6.45, 7) is 9.73. The fraction of sp³-hybridized carbons (Fsp3) is 0.444. The fourth-order valence-electron chi connectivity index (χ4n) is 0.560. The van der Waals surface area contributed by atoms with Gasteiger partial charge in [0.25, 0.3) is 0 Å². The van der Waals surface area contributed by atoms with E-state index in [1.54, 1.807) is 6.21 Å². The monoisotopic (exact) mass is 137 g/mol. The molecule has 0 fully saturated rings. The molecule has 1 heteroatoms. The molecule has 0 aliphatic heterocycles. The Hall–Kier alpha value is -0.850. The highest BCUT2D eigenvalue weighted by atomic mass is 14.7. The summed E-state index contributed by atoms with van der Waals surface area (Å²) in [6, 6.07) is 0. The molecule has 0 spiro atoms. The lowest BCUT2D eigenvalue weighted by Crippen LogP contribution is -1.75. The molecule has 0 aliphatic rings. The zero-order valence-corrected chi connectivity index (χ0v) is 7.02. The van der Waals surface area contributed by atoms with E-state index in [0.29, 0.717) is 0 Å². The average molecular weight is 137 g/mol. The van der Waals surface area contributed by atoms with E-state index in [4.69, 9.17) is 0 Å². The molecule has 0 saturated carbocycles. The first-order valence-electron chi connectivity index (χ1n) is 3.53. The predicted molar refractivity (Wildman–Crippen MR) is 47.4 cm³/mol. The van der Waals surface area contributed by atoms with Gasteiger partial charge in [-0.1, -0.05) is 19.6 Å². The van der Waals surface area contributed by atoms with Crippen LogP contribution in [-0.2, 0) is 0 Å². The fourth-order valence-corrected chi connectivity index (χ4v) is 0.560. The number of rotatable bonds is 3. The van der Waals surface area contributed by atoms with E-state index in [1.165, 1.54) is 0 Å². The predicted octanol–water partition coefficient (Wildman–Crippen LogP) is 2.95. The molecule has 0 unspecified atom stereocenters. The lowest BCUT2D eigenvalue weighted by Gasteiger charge is -1.89. The van der Waals surface area contributed by atoms with Gasteiger partial charge in [0.2, 0.25) is 0 Å². The zero-order chi connectivity index (χ0) is 7.98. The smallest absolute Gasteiger partial charge is 0.0332 e. The van der Waals surface area contributed by atoms with Crippen LogP contribution in [0.15, 0.2) is 28.9 Å². The van der Waals surface area contributed by atoms with Gasteiger partial charge in [-0.05, 0) is 25.8 Å².